The van der Waals surface area contributed by atoms with E-state index >= 15 is 0 Å². The number of carboxylic acid groups (broad SMARTS) is 2. The van der Waals surface area contributed by atoms with Crippen molar-refractivity contribution >= 4 is 35.3 Å². The molecule has 2 aromatic heterocycles. The first-order valence-electron chi connectivity index (χ1n) is 7.68. The van der Waals surface area contributed by atoms with Gasteiger partial charge in [-0.25, -0.2) is 9.59 Å². The topological polar surface area (TPSA) is 117 Å². The van der Waals surface area contributed by atoms with E-state index in [1.807, 2.05) is 0 Å². The summed E-state index contributed by atoms with van der Waals surface area (Å²) in [6, 6.07) is 12.8. The Labute approximate surface area is 157 Å². The molecule has 8 heteroatoms. The molecule has 0 aliphatic rings. The number of aliphatic carboxylic acids is 1. The molecule has 0 atom stereocenters. The number of hydrogen-bond acceptors (Lipinski definition) is 5. The molecule has 2 heterocycles. The summed E-state index contributed by atoms with van der Waals surface area (Å²) in [5, 5.41) is 22.5. The highest BCUT2D eigenvalue weighted by Gasteiger charge is 2.17. The number of carbonyl (C=O) groups excluding carboxylic acids is 1. The van der Waals surface area contributed by atoms with Gasteiger partial charge in [0.1, 0.15) is 22.1 Å². The van der Waals surface area contributed by atoms with Crippen molar-refractivity contribution in [2.24, 2.45) is 0 Å². The number of benzene rings is 1. The van der Waals surface area contributed by atoms with Crippen molar-refractivity contribution in [3.63, 3.8) is 0 Å². The minimum atomic E-state index is -1.33. The van der Waals surface area contributed by atoms with Gasteiger partial charge in [0.15, 0.2) is 0 Å². The maximum atomic E-state index is 12.2. The quantitative estimate of drug-likeness (QED) is 0.560. The van der Waals surface area contributed by atoms with E-state index in [0.29, 0.717) is 16.9 Å². The Kier molecular flexibility index (Phi) is 5.18. The highest BCUT2D eigenvalue weighted by Crippen LogP contribution is 2.30. The van der Waals surface area contributed by atoms with Gasteiger partial charge in [0.2, 0.25) is 0 Å². The molecule has 7 nitrogen and oxygen atoms in total. The van der Waals surface area contributed by atoms with Crippen molar-refractivity contribution in [2.75, 3.05) is 0 Å². The van der Waals surface area contributed by atoms with Crippen molar-refractivity contribution in [1.29, 1.82) is 0 Å². The van der Waals surface area contributed by atoms with E-state index < -0.39 is 17.8 Å². The Balaban J connectivity index is 1.86. The van der Waals surface area contributed by atoms with Gasteiger partial charge >= 0.3 is 11.9 Å². The standard InChI is InChI=1S/C19H13NO6S/c21-17(11-4-2-1-3-5-11)20-14(18(22)23)10-12-6-7-15(26-12)13-8-9-27-16(13)19(24)25/h1-10H,(H,20,21)(H,22,23)(H,24,25)/b14-10-. The minimum Gasteiger partial charge on any atom is -0.477 e. The van der Waals surface area contributed by atoms with Crippen LogP contribution in [0.1, 0.15) is 25.8 Å². The molecule has 3 rings (SSSR count). The van der Waals surface area contributed by atoms with Crippen LogP contribution in [0.5, 0.6) is 0 Å². The molecule has 0 aliphatic carbocycles. The zero-order valence-electron chi connectivity index (χ0n) is 13.7. The van der Waals surface area contributed by atoms with Crippen molar-refractivity contribution < 1.29 is 29.0 Å². The molecule has 0 unspecified atom stereocenters. The highest BCUT2D eigenvalue weighted by molar-refractivity contribution is 7.12. The van der Waals surface area contributed by atoms with E-state index in [2.05, 4.69) is 5.32 Å². The van der Waals surface area contributed by atoms with E-state index in [9.17, 15) is 24.6 Å². The lowest BCUT2D eigenvalue weighted by Gasteiger charge is -2.05. The van der Waals surface area contributed by atoms with Crippen LogP contribution in [-0.2, 0) is 4.79 Å². The molecule has 1 amide bonds. The molecule has 27 heavy (non-hydrogen) atoms. The summed E-state index contributed by atoms with van der Waals surface area (Å²) in [7, 11) is 0. The summed E-state index contributed by atoms with van der Waals surface area (Å²) in [5.74, 6) is -2.52. The van der Waals surface area contributed by atoms with Crippen molar-refractivity contribution in [1.82, 2.24) is 5.32 Å². The second-order valence-electron chi connectivity index (χ2n) is 5.35. The van der Waals surface area contributed by atoms with E-state index in [4.69, 9.17) is 4.42 Å². The van der Waals surface area contributed by atoms with Gasteiger partial charge < -0.3 is 19.9 Å². The average Bonchev–Trinajstić information content (AvgIpc) is 3.30. The van der Waals surface area contributed by atoms with Crippen LogP contribution in [0.2, 0.25) is 0 Å². The highest BCUT2D eigenvalue weighted by atomic mass is 32.1. The molecular weight excluding hydrogens is 370 g/mol. The number of furan rings is 1. The fourth-order valence-electron chi connectivity index (χ4n) is 2.32. The number of carboxylic acids is 2. The van der Waals surface area contributed by atoms with Crippen LogP contribution in [0.4, 0.5) is 0 Å². The van der Waals surface area contributed by atoms with E-state index in [-0.39, 0.29) is 16.3 Å². The lowest BCUT2D eigenvalue weighted by molar-refractivity contribution is -0.132. The first-order chi connectivity index (χ1) is 13.0. The third-order valence-corrected chi connectivity index (χ3v) is 4.46. The number of aromatic carboxylic acids is 1. The molecule has 0 spiro atoms. The summed E-state index contributed by atoms with van der Waals surface area (Å²) >= 11 is 1.06. The van der Waals surface area contributed by atoms with Crippen molar-refractivity contribution in [3.05, 3.63) is 75.8 Å². The number of carbonyl (C=O) groups is 3. The summed E-state index contributed by atoms with van der Waals surface area (Å²) in [5.41, 5.74) is 0.347. The summed E-state index contributed by atoms with van der Waals surface area (Å²) in [6.45, 7) is 0. The van der Waals surface area contributed by atoms with Crippen LogP contribution in [0.15, 0.2) is 64.0 Å². The Morgan fingerprint density at radius 3 is 2.41 bits per heavy atom. The minimum absolute atomic E-state index is 0.121. The van der Waals surface area contributed by atoms with Gasteiger partial charge in [0, 0.05) is 17.2 Å². The Hall–Kier alpha value is -3.65. The lowest BCUT2D eigenvalue weighted by Crippen LogP contribution is -2.27. The fraction of sp³-hybridized carbons (Fsp3) is 0. The summed E-state index contributed by atoms with van der Waals surface area (Å²) in [6.07, 6.45) is 1.17. The number of thiophene rings is 1. The largest absolute Gasteiger partial charge is 0.477 e. The normalized spacial score (nSPS) is 11.2. The lowest BCUT2D eigenvalue weighted by atomic mass is 10.2. The van der Waals surface area contributed by atoms with Gasteiger partial charge in [-0.2, -0.15) is 0 Å². The van der Waals surface area contributed by atoms with Crippen LogP contribution in [-0.4, -0.2) is 28.1 Å². The van der Waals surface area contributed by atoms with Gasteiger partial charge in [-0.3, -0.25) is 4.79 Å². The number of amides is 1. The zero-order chi connectivity index (χ0) is 19.4. The summed E-state index contributed by atoms with van der Waals surface area (Å²) in [4.78, 5) is 34.9. The third kappa shape index (κ3) is 4.13. The molecule has 0 saturated carbocycles. The third-order valence-electron chi connectivity index (χ3n) is 3.55. The molecule has 0 aliphatic heterocycles. The first-order valence-corrected chi connectivity index (χ1v) is 8.56. The van der Waals surface area contributed by atoms with Crippen molar-refractivity contribution in [2.45, 2.75) is 0 Å². The molecule has 0 radical (unpaired) electrons. The van der Waals surface area contributed by atoms with Crippen LogP contribution in [0.3, 0.4) is 0 Å². The van der Waals surface area contributed by atoms with Gasteiger partial charge in [0.05, 0.1) is 0 Å². The second-order valence-corrected chi connectivity index (χ2v) is 6.27. The number of rotatable bonds is 6. The maximum absolute atomic E-state index is 12.2. The smallest absolute Gasteiger partial charge is 0.352 e. The van der Waals surface area contributed by atoms with E-state index in [1.165, 1.54) is 12.1 Å². The molecule has 0 saturated heterocycles. The number of nitrogens with one attached hydrogen (secondary N) is 1. The van der Waals surface area contributed by atoms with E-state index in [0.717, 1.165) is 11.3 Å². The zero-order valence-corrected chi connectivity index (χ0v) is 14.5. The van der Waals surface area contributed by atoms with E-state index in [1.54, 1.807) is 47.8 Å². The Bertz CT molecular complexity index is 1030. The van der Waals surface area contributed by atoms with Gasteiger partial charge in [0.25, 0.3) is 5.91 Å². The Morgan fingerprint density at radius 1 is 1.00 bits per heavy atom. The molecule has 0 bridgehead atoms. The van der Waals surface area contributed by atoms with Gasteiger partial charge in [-0.15, -0.1) is 11.3 Å². The van der Waals surface area contributed by atoms with Crippen LogP contribution in [0, 0.1) is 0 Å². The first kappa shape index (κ1) is 18.2. The van der Waals surface area contributed by atoms with Crippen LogP contribution >= 0.6 is 11.3 Å². The predicted molar refractivity (Wildman–Crippen MR) is 98.5 cm³/mol. The van der Waals surface area contributed by atoms with Crippen LogP contribution < -0.4 is 5.32 Å². The van der Waals surface area contributed by atoms with Crippen molar-refractivity contribution in [3.8, 4) is 11.3 Å². The fourth-order valence-corrected chi connectivity index (χ4v) is 3.06. The maximum Gasteiger partial charge on any atom is 0.352 e. The van der Waals surface area contributed by atoms with Gasteiger partial charge in [-0.05, 0) is 35.7 Å². The predicted octanol–water partition coefficient (Wildman–Crippen LogP) is 3.56. The SMILES string of the molecule is O=C(O)/C(=C/c1ccc(-c2ccsc2C(=O)O)o1)NC(=O)c1ccccc1. The number of hydrogen-bond donors (Lipinski definition) is 3. The molecule has 3 aromatic rings. The second kappa shape index (κ2) is 7.71. The van der Waals surface area contributed by atoms with Gasteiger partial charge in [-0.1, -0.05) is 18.2 Å². The molecule has 0 fully saturated rings. The Morgan fingerprint density at radius 2 is 1.74 bits per heavy atom. The molecular formula is C19H13NO6S. The summed E-state index contributed by atoms with van der Waals surface area (Å²) < 4.78 is 5.54. The molecule has 1 aromatic carbocycles. The molecule has 3 N–H and O–H groups in total. The van der Waals surface area contributed by atoms with Crippen LogP contribution in [0.25, 0.3) is 17.4 Å². The average molecular weight is 383 g/mol. The monoisotopic (exact) mass is 383 g/mol. The molecule has 136 valence electrons.